The molecule has 5 aliphatic rings. The summed E-state index contributed by atoms with van der Waals surface area (Å²) in [7, 11) is 1.53. The number of likely N-dealkylation sites (tertiary alicyclic amines) is 1. The van der Waals surface area contributed by atoms with E-state index in [4.69, 9.17) is 4.74 Å². The summed E-state index contributed by atoms with van der Waals surface area (Å²) in [4.78, 5) is 39.8. The molecule has 2 aliphatic heterocycles. The van der Waals surface area contributed by atoms with Crippen LogP contribution in [0.15, 0.2) is 35.4 Å². The molecule has 2 heterocycles. The van der Waals surface area contributed by atoms with Crippen LogP contribution in [-0.2, 0) is 9.59 Å². The number of carbonyl (C=O) groups is 3. The maximum Gasteiger partial charge on any atom is 0.237 e. The van der Waals surface area contributed by atoms with Crippen LogP contribution in [0.2, 0.25) is 0 Å². The Kier molecular flexibility index (Phi) is 2.41. The Bertz CT molecular complexity index is 870. The number of rotatable bonds is 0. The lowest BCUT2D eigenvalue weighted by atomic mass is 9.53. The minimum absolute atomic E-state index is 0.0360. The van der Waals surface area contributed by atoms with Crippen molar-refractivity contribution < 1.29 is 19.1 Å². The smallest absolute Gasteiger partial charge is 0.237 e. The number of amides is 2. The Morgan fingerprint density at radius 1 is 1.17 bits per heavy atom. The van der Waals surface area contributed by atoms with Gasteiger partial charge in [-0.3, -0.25) is 19.3 Å². The summed E-state index contributed by atoms with van der Waals surface area (Å²) in [6.45, 7) is 1.93. The number of imide groups is 1. The van der Waals surface area contributed by atoms with E-state index in [2.05, 4.69) is 0 Å². The summed E-state index contributed by atoms with van der Waals surface area (Å²) in [6, 6.07) is 7.17. The number of allylic oxidation sites excluding steroid dienone is 1. The topological polar surface area (TPSA) is 63.7 Å². The molecule has 0 aromatic heterocycles. The molecule has 2 fully saturated rings. The van der Waals surface area contributed by atoms with Crippen LogP contribution in [0, 0.1) is 17.8 Å². The summed E-state index contributed by atoms with van der Waals surface area (Å²) < 4.78 is 6.35. The molecule has 1 aromatic carbocycles. The molecule has 24 heavy (non-hydrogen) atoms. The van der Waals surface area contributed by atoms with Gasteiger partial charge in [0.2, 0.25) is 11.8 Å². The lowest BCUT2D eigenvalue weighted by Gasteiger charge is -2.54. The van der Waals surface area contributed by atoms with Gasteiger partial charge >= 0.3 is 0 Å². The summed E-state index contributed by atoms with van der Waals surface area (Å²) in [5, 5.41) is 0. The maximum atomic E-state index is 13.2. The van der Waals surface area contributed by atoms with E-state index in [9.17, 15) is 14.4 Å². The Morgan fingerprint density at radius 3 is 2.71 bits per heavy atom. The van der Waals surface area contributed by atoms with Crippen molar-refractivity contribution in [3.05, 3.63) is 41.0 Å². The van der Waals surface area contributed by atoms with Gasteiger partial charge in [0.25, 0.3) is 0 Å². The summed E-state index contributed by atoms with van der Waals surface area (Å²) >= 11 is 0. The first-order chi connectivity index (χ1) is 11.5. The van der Waals surface area contributed by atoms with Crippen molar-refractivity contribution in [2.24, 2.45) is 17.8 Å². The SMILES string of the molecule is CC1=C2C(=O)c3ccccc3O[C@]23CC[C@H]1C1C(=O)N(C)C(=O)C13. The van der Waals surface area contributed by atoms with Gasteiger partial charge in [0.1, 0.15) is 5.75 Å². The second-order valence-electron chi connectivity index (χ2n) is 7.26. The van der Waals surface area contributed by atoms with E-state index in [1.807, 2.05) is 19.1 Å². The van der Waals surface area contributed by atoms with Crippen LogP contribution in [0.4, 0.5) is 0 Å². The molecular weight excluding hydrogens is 306 g/mol. The normalized spacial score (nSPS) is 36.5. The van der Waals surface area contributed by atoms with Crippen LogP contribution in [0.25, 0.3) is 0 Å². The van der Waals surface area contributed by atoms with Crippen LogP contribution >= 0.6 is 0 Å². The summed E-state index contributed by atoms with van der Waals surface area (Å²) in [5.41, 5.74) is 1.12. The minimum Gasteiger partial charge on any atom is -0.481 e. The average molecular weight is 323 g/mol. The number of Topliss-reactive ketones (excluding diaryl/α,β-unsaturated/α-hetero) is 1. The molecule has 2 unspecified atom stereocenters. The summed E-state index contributed by atoms with van der Waals surface area (Å²) in [5.74, 6) is -0.886. The Hall–Kier alpha value is -2.43. The van der Waals surface area contributed by atoms with Gasteiger partial charge in [-0.2, -0.15) is 0 Å². The second-order valence-corrected chi connectivity index (χ2v) is 7.26. The Labute approximate surface area is 139 Å². The standard InChI is InChI=1S/C19H17NO4/c1-9-10-7-8-19(15-13(10)17(22)20(2)18(15)23)14(9)16(21)11-5-3-4-6-12(11)24-19/h3-6,10,13,15H,7-8H2,1-2H3/t10-,13?,15?,19-/m1/s1. The highest BCUT2D eigenvalue weighted by Gasteiger charge is 2.69. The van der Waals surface area contributed by atoms with E-state index in [0.29, 0.717) is 23.3 Å². The fraction of sp³-hybridized carbons (Fsp3) is 0.421. The van der Waals surface area contributed by atoms with Crippen LogP contribution in [0.5, 0.6) is 5.75 Å². The lowest BCUT2D eigenvalue weighted by molar-refractivity contribution is -0.140. The fourth-order valence-corrected chi connectivity index (χ4v) is 5.33. The van der Waals surface area contributed by atoms with Crippen LogP contribution in [0.1, 0.15) is 30.1 Å². The lowest BCUT2D eigenvalue weighted by Crippen LogP contribution is -2.62. The van der Waals surface area contributed by atoms with Crippen LogP contribution < -0.4 is 4.74 Å². The molecule has 122 valence electrons. The molecule has 6 rings (SSSR count). The second kappa shape index (κ2) is 4.15. The maximum absolute atomic E-state index is 13.2. The van der Waals surface area contributed by atoms with Gasteiger partial charge < -0.3 is 4.74 Å². The van der Waals surface area contributed by atoms with Gasteiger partial charge in [-0.1, -0.05) is 17.7 Å². The first-order valence-electron chi connectivity index (χ1n) is 8.33. The van der Waals surface area contributed by atoms with Crippen LogP contribution in [-0.4, -0.2) is 35.1 Å². The van der Waals surface area contributed by atoms with Gasteiger partial charge in [0.05, 0.1) is 17.4 Å². The van der Waals surface area contributed by atoms with E-state index in [1.54, 1.807) is 12.1 Å². The summed E-state index contributed by atoms with van der Waals surface area (Å²) in [6.07, 6.45) is 1.39. The Balaban J connectivity index is 1.80. The highest BCUT2D eigenvalue weighted by Crippen LogP contribution is 2.61. The first kappa shape index (κ1) is 14.0. The molecule has 2 amide bonds. The Morgan fingerprint density at radius 2 is 1.92 bits per heavy atom. The molecule has 0 N–H and O–H groups in total. The van der Waals surface area contributed by atoms with Gasteiger partial charge in [-0.05, 0) is 37.8 Å². The number of hydrogen-bond donors (Lipinski definition) is 0. The van der Waals surface area contributed by atoms with Crippen molar-refractivity contribution in [1.29, 1.82) is 0 Å². The quantitative estimate of drug-likeness (QED) is 0.685. The molecule has 3 aliphatic carbocycles. The molecule has 4 atom stereocenters. The molecule has 1 saturated heterocycles. The highest BCUT2D eigenvalue weighted by molar-refractivity contribution is 6.16. The number of ether oxygens (including phenoxy) is 1. The van der Waals surface area contributed by atoms with Crippen LogP contribution in [0.3, 0.4) is 0 Å². The predicted molar refractivity (Wildman–Crippen MR) is 84.3 cm³/mol. The third kappa shape index (κ3) is 1.32. The van der Waals surface area contributed by atoms with Crippen molar-refractivity contribution in [2.75, 3.05) is 7.05 Å². The first-order valence-corrected chi connectivity index (χ1v) is 8.33. The minimum atomic E-state index is -0.980. The van der Waals surface area contributed by atoms with Crippen molar-refractivity contribution in [3.8, 4) is 5.75 Å². The van der Waals surface area contributed by atoms with E-state index < -0.39 is 17.4 Å². The number of hydrogen-bond acceptors (Lipinski definition) is 4. The fourth-order valence-electron chi connectivity index (χ4n) is 5.33. The van der Waals surface area contributed by atoms with E-state index in [-0.39, 0.29) is 23.5 Å². The molecule has 0 radical (unpaired) electrons. The highest BCUT2D eigenvalue weighted by atomic mass is 16.5. The molecule has 1 saturated carbocycles. The predicted octanol–water partition coefficient (Wildman–Crippen LogP) is 1.97. The van der Waals surface area contributed by atoms with Gasteiger partial charge in [0.15, 0.2) is 11.4 Å². The largest absolute Gasteiger partial charge is 0.481 e. The zero-order valence-electron chi connectivity index (χ0n) is 13.5. The third-order valence-electron chi connectivity index (χ3n) is 6.36. The van der Waals surface area contributed by atoms with Gasteiger partial charge in [-0.25, -0.2) is 0 Å². The number of para-hydroxylation sites is 1. The molecule has 1 aromatic rings. The third-order valence-corrected chi connectivity index (χ3v) is 6.36. The molecule has 5 heteroatoms. The van der Waals surface area contributed by atoms with Crippen molar-refractivity contribution in [2.45, 2.75) is 25.4 Å². The van der Waals surface area contributed by atoms with Gasteiger partial charge in [0, 0.05) is 12.6 Å². The molecular formula is C19H17NO4. The number of carbonyl (C=O) groups excluding carboxylic acids is 3. The van der Waals surface area contributed by atoms with Crippen molar-refractivity contribution in [3.63, 3.8) is 0 Å². The van der Waals surface area contributed by atoms with Crippen molar-refractivity contribution >= 4 is 17.6 Å². The zero-order valence-corrected chi connectivity index (χ0v) is 13.5. The zero-order chi connectivity index (χ0) is 16.8. The number of ketones is 1. The van der Waals surface area contributed by atoms with E-state index in [0.717, 1.165) is 12.0 Å². The molecule has 5 nitrogen and oxygen atoms in total. The van der Waals surface area contributed by atoms with Crippen molar-refractivity contribution in [1.82, 2.24) is 4.90 Å². The molecule has 1 spiro atoms. The number of benzene rings is 1. The average Bonchev–Trinajstić information content (AvgIpc) is 2.81. The number of nitrogens with zero attached hydrogens (tertiary/aromatic N) is 1. The van der Waals surface area contributed by atoms with E-state index in [1.165, 1.54) is 11.9 Å². The van der Waals surface area contributed by atoms with E-state index >= 15 is 0 Å². The van der Waals surface area contributed by atoms with Gasteiger partial charge in [-0.15, -0.1) is 0 Å². The number of fused-ring (bicyclic) bond motifs is 2. The molecule has 2 bridgehead atoms. The monoisotopic (exact) mass is 323 g/mol.